The number of nitrogens with zero attached hydrogens (tertiary/aromatic N) is 2. The zero-order valence-corrected chi connectivity index (χ0v) is 13.8. The van der Waals surface area contributed by atoms with Crippen LogP contribution in [0.25, 0.3) is 0 Å². The van der Waals surface area contributed by atoms with Gasteiger partial charge in [0, 0.05) is 25.3 Å². The molecule has 0 radical (unpaired) electrons. The van der Waals surface area contributed by atoms with E-state index in [-0.39, 0.29) is 24.0 Å². The van der Waals surface area contributed by atoms with Gasteiger partial charge in [0.1, 0.15) is 5.82 Å². The predicted molar refractivity (Wildman–Crippen MR) is 86.0 cm³/mol. The van der Waals surface area contributed by atoms with E-state index in [1.807, 2.05) is 4.90 Å². The van der Waals surface area contributed by atoms with E-state index in [4.69, 9.17) is 0 Å². The lowest BCUT2D eigenvalue weighted by atomic mass is 9.92. The van der Waals surface area contributed by atoms with Crippen LogP contribution < -0.4 is 10.2 Å². The first-order chi connectivity index (χ1) is 11.8. The number of aromatic nitrogens is 1. The number of nitrogens with one attached hydrogen (secondary N) is 1. The standard InChI is InChI=1S/C17H22F3N3O2/c18-17(19,20)12-1-6-15(21-9-12)23-8-7-11(10-23)16(25)22-13-2-4-14(24)5-3-13/h1,6,9,11,13-14,24H,2-5,7-8,10H2,(H,22,25)/t11-,13?,14?/m0/s1. The number of hydrogen-bond acceptors (Lipinski definition) is 4. The lowest BCUT2D eigenvalue weighted by molar-refractivity contribution is -0.137. The third kappa shape index (κ3) is 4.42. The summed E-state index contributed by atoms with van der Waals surface area (Å²) in [6.07, 6.45) is -0.199. The summed E-state index contributed by atoms with van der Waals surface area (Å²) in [5.41, 5.74) is -0.774. The number of aliphatic hydroxyl groups excluding tert-OH is 1. The highest BCUT2D eigenvalue weighted by Crippen LogP contribution is 2.30. The molecule has 25 heavy (non-hydrogen) atoms. The van der Waals surface area contributed by atoms with Gasteiger partial charge >= 0.3 is 6.18 Å². The SMILES string of the molecule is O=C(NC1CCC(O)CC1)[C@H]1CCN(c2ccc(C(F)(F)F)cn2)C1. The highest BCUT2D eigenvalue weighted by atomic mass is 19.4. The van der Waals surface area contributed by atoms with Crippen molar-refractivity contribution in [2.75, 3.05) is 18.0 Å². The van der Waals surface area contributed by atoms with Gasteiger partial charge in [0.15, 0.2) is 0 Å². The van der Waals surface area contributed by atoms with Crippen LogP contribution in [0.15, 0.2) is 18.3 Å². The van der Waals surface area contributed by atoms with Crippen LogP contribution in [0.5, 0.6) is 0 Å². The summed E-state index contributed by atoms with van der Waals surface area (Å²) in [6, 6.07) is 2.48. The molecule has 0 unspecified atom stereocenters. The van der Waals surface area contributed by atoms with Crippen molar-refractivity contribution in [1.29, 1.82) is 0 Å². The summed E-state index contributed by atoms with van der Waals surface area (Å²) < 4.78 is 37.8. The minimum atomic E-state index is -4.40. The number of hydrogen-bond donors (Lipinski definition) is 2. The van der Waals surface area contributed by atoms with Crippen LogP contribution in [0.2, 0.25) is 0 Å². The minimum Gasteiger partial charge on any atom is -0.393 e. The Morgan fingerprint density at radius 3 is 2.52 bits per heavy atom. The van der Waals surface area contributed by atoms with Crippen molar-refractivity contribution in [1.82, 2.24) is 10.3 Å². The third-order valence-corrected chi connectivity index (χ3v) is 5.00. The zero-order valence-electron chi connectivity index (χ0n) is 13.8. The molecule has 1 atom stereocenters. The van der Waals surface area contributed by atoms with Crippen LogP contribution in [0.3, 0.4) is 0 Å². The van der Waals surface area contributed by atoms with Crippen LogP contribution in [-0.2, 0) is 11.0 Å². The van der Waals surface area contributed by atoms with Crippen molar-refractivity contribution in [2.45, 2.75) is 50.4 Å². The molecule has 5 nitrogen and oxygen atoms in total. The van der Waals surface area contributed by atoms with Crippen molar-refractivity contribution in [3.8, 4) is 0 Å². The van der Waals surface area contributed by atoms with E-state index in [1.54, 1.807) is 0 Å². The second-order valence-electron chi connectivity index (χ2n) is 6.85. The molecule has 1 saturated carbocycles. The molecule has 1 aliphatic carbocycles. The number of amides is 1. The summed E-state index contributed by atoms with van der Waals surface area (Å²) in [6.45, 7) is 1.05. The number of halogens is 3. The first kappa shape index (κ1) is 18.0. The Morgan fingerprint density at radius 2 is 1.92 bits per heavy atom. The number of rotatable bonds is 3. The molecular weight excluding hydrogens is 335 g/mol. The Bertz CT molecular complexity index is 598. The highest BCUT2D eigenvalue weighted by molar-refractivity contribution is 5.80. The summed E-state index contributed by atoms with van der Waals surface area (Å²) in [7, 11) is 0. The van der Waals surface area contributed by atoms with Crippen LogP contribution >= 0.6 is 0 Å². The fourth-order valence-corrected chi connectivity index (χ4v) is 3.46. The monoisotopic (exact) mass is 357 g/mol. The molecule has 2 N–H and O–H groups in total. The summed E-state index contributed by atoms with van der Waals surface area (Å²) in [5.74, 6) is 0.260. The largest absolute Gasteiger partial charge is 0.417 e. The van der Waals surface area contributed by atoms with Crippen LogP contribution in [-0.4, -0.2) is 41.2 Å². The number of carbonyl (C=O) groups is 1. The quantitative estimate of drug-likeness (QED) is 0.872. The van der Waals surface area contributed by atoms with Crippen LogP contribution in [0, 0.1) is 5.92 Å². The van der Waals surface area contributed by atoms with Crippen molar-refractivity contribution in [3.05, 3.63) is 23.9 Å². The first-order valence-electron chi connectivity index (χ1n) is 8.59. The van der Waals surface area contributed by atoms with Gasteiger partial charge in [-0.2, -0.15) is 13.2 Å². The lowest BCUT2D eigenvalue weighted by Gasteiger charge is -2.27. The molecule has 138 valence electrons. The van der Waals surface area contributed by atoms with Gasteiger partial charge in [-0.1, -0.05) is 0 Å². The molecule has 1 amide bonds. The van der Waals surface area contributed by atoms with E-state index in [0.717, 1.165) is 25.1 Å². The Labute approximate surface area is 144 Å². The van der Waals surface area contributed by atoms with Gasteiger partial charge in [-0.05, 0) is 44.2 Å². The molecule has 1 saturated heterocycles. The second kappa shape index (κ2) is 7.19. The number of carbonyl (C=O) groups excluding carboxylic acids is 1. The average Bonchev–Trinajstić information content (AvgIpc) is 3.06. The summed E-state index contributed by atoms with van der Waals surface area (Å²) >= 11 is 0. The third-order valence-electron chi connectivity index (χ3n) is 5.00. The molecule has 1 aromatic heterocycles. The van der Waals surface area contributed by atoms with Gasteiger partial charge in [0.2, 0.25) is 5.91 Å². The molecule has 0 spiro atoms. The summed E-state index contributed by atoms with van der Waals surface area (Å²) in [5, 5.41) is 12.5. The highest BCUT2D eigenvalue weighted by Gasteiger charge is 2.33. The predicted octanol–water partition coefficient (Wildman–Crippen LogP) is 2.35. The van der Waals surface area contributed by atoms with E-state index in [9.17, 15) is 23.1 Å². The van der Waals surface area contributed by atoms with Crippen molar-refractivity contribution >= 4 is 11.7 Å². The number of alkyl halides is 3. The van der Waals surface area contributed by atoms with E-state index < -0.39 is 11.7 Å². The van der Waals surface area contributed by atoms with Gasteiger partial charge in [-0.15, -0.1) is 0 Å². The topological polar surface area (TPSA) is 65.5 Å². The molecule has 2 aliphatic rings. The summed E-state index contributed by atoms with van der Waals surface area (Å²) in [4.78, 5) is 18.1. The lowest BCUT2D eigenvalue weighted by Crippen LogP contribution is -2.42. The number of aliphatic hydroxyl groups is 1. The zero-order chi connectivity index (χ0) is 18.0. The Morgan fingerprint density at radius 1 is 1.20 bits per heavy atom. The number of anilines is 1. The van der Waals surface area contributed by atoms with Crippen LogP contribution in [0.1, 0.15) is 37.7 Å². The Kier molecular flexibility index (Phi) is 5.17. The maximum Gasteiger partial charge on any atom is 0.417 e. The van der Waals surface area contributed by atoms with Crippen molar-refractivity contribution < 1.29 is 23.1 Å². The Balaban J connectivity index is 1.53. The molecule has 0 aromatic carbocycles. The van der Waals surface area contributed by atoms with Gasteiger partial charge < -0.3 is 15.3 Å². The fourth-order valence-electron chi connectivity index (χ4n) is 3.46. The maximum atomic E-state index is 12.6. The van der Waals surface area contributed by atoms with E-state index in [0.29, 0.717) is 38.2 Å². The number of pyridine rings is 1. The average molecular weight is 357 g/mol. The molecular formula is C17H22F3N3O2. The fraction of sp³-hybridized carbons (Fsp3) is 0.647. The molecule has 3 rings (SSSR count). The normalized spacial score (nSPS) is 27.4. The molecule has 0 bridgehead atoms. The molecule has 2 fully saturated rings. The molecule has 8 heteroatoms. The van der Waals surface area contributed by atoms with Gasteiger partial charge in [0.05, 0.1) is 17.6 Å². The van der Waals surface area contributed by atoms with Gasteiger partial charge in [-0.3, -0.25) is 4.79 Å². The molecule has 2 heterocycles. The van der Waals surface area contributed by atoms with E-state index >= 15 is 0 Å². The maximum absolute atomic E-state index is 12.6. The second-order valence-corrected chi connectivity index (χ2v) is 6.85. The minimum absolute atomic E-state index is 0.0178. The van der Waals surface area contributed by atoms with Gasteiger partial charge in [-0.25, -0.2) is 4.98 Å². The Hall–Kier alpha value is -1.83. The first-order valence-corrected chi connectivity index (χ1v) is 8.59. The molecule has 1 aliphatic heterocycles. The van der Waals surface area contributed by atoms with E-state index in [1.165, 1.54) is 6.07 Å². The smallest absolute Gasteiger partial charge is 0.393 e. The van der Waals surface area contributed by atoms with Crippen molar-refractivity contribution in [2.24, 2.45) is 5.92 Å². The van der Waals surface area contributed by atoms with E-state index in [2.05, 4.69) is 10.3 Å². The molecule has 1 aromatic rings. The van der Waals surface area contributed by atoms with Gasteiger partial charge in [0.25, 0.3) is 0 Å². The van der Waals surface area contributed by atoms with Crippen molar-refractivity contribution in [3.63, 3.8) is 0 Å². The van der Waals surface area contributed by atoms with Crippen LogP contribution in [0.4, 0.5) is 19.0 Å².